The van der Waals surface area contributed by atoms with Gasteiger partial charge in [-0.05, 0) is 6.92 Å². The Labute approximate surface area is 81.6 Å². The minimum atomic E-state index is -0.831. The van der Waals surface area contributed by atoms with E-state index in [0.717, 1.165) is 5.03 Å². The number of aromatic nitrogens is 2. The molecule has 0 saturated carbocycles. The molecule has 0 aliphatic carbocycles. The van der Waals surface area contributed by atoms with Gasteiger partial charge in [0.25, 0.3) is 0 Å². The van der Waals surface area contributed by atoms with Gasteiger partial charge < -0.3 is 10.8 Å². The topological polar surface area (TPSA) is 72.0 Å². The lowest BCUT2D eigenvalue weighted by atomic mass is 10.1. The predicted octanol–water partition coefficient (Wildman–Crippen LogP) is 0.278. The fourth-order valence-electron chi connectivity index (χ4n) is 0.648. The van der Waals surface area contributed by atoms with Crippen LogP contribution in [0.3, 0.4) is 0 Å². The Balaban J connectivity index is 2.44. The Morgan fingerprint density at radius 2 is 2.38 bits per heavy atom. The van der Waals surface area contributed by atoms with Crippen molar-refractivity contribution < 1.29 is 5.11 Å². The Morgan fingerprint density at radius 1 is 1.62 bits per heavy atom. The van der Waals surface area contributed by atoms with Crippen LogP contribution in [-0.2, 0) is 0 Å². The lowest BCUT2D eigenvalue weighted by Gasteiger charge is -2.19. The first-order chi connectivity index (χ1) is 6.14. The second-order valence-corrected chi connectivity index (χ2v) is 4.03. The van der Waals surface area contributed by atoms with Gasteiger partial charge >= 0.3 is 0 Å². The van der Waals surface area contributed by atoms with Gasteiger partial charge in [-0.2, -0.15) is 0 Å². The third-order valence-corrected chi connectivity index (χ3v) is 2.78. The standard InChI is InChI=1S/C8H13N3OS/c1-8(12,5-9)6-13-7-4-10-2-3-11-7/h2-4,12H,5-6,9H2,1H3. The highest BCUT2D eigenvalue weighted by Gasteiger charge is 2.18. The fraction of sp³-hybridized carbons (Fsp3) is 0.500. The van der Waals surface area contributed by atoms with E-state index in [2.05, 4.69) is 9.97 Å². The van der Waals surface area contributed by atoms with E-state index in [9.17, 15) is 5.11 Å². The SMILES string of the molecule is CC(O)(CN)CSc1cnccn1. The van der Waals surface area contributed by atoms with Gasteiger partial charge in [0.1, 0.15) is 5.03 Å². The zero-order chi connectivity index (χ0) is 9.73. The first-order valence-corrected chi connectivity index (χ1v) is 4.94. The average Bonchev–Trinajstić information content (AvgIpc) is 2.17. The van der Waals surface area contributed by atoms with Crippen LogP contribution in [0.5, 0.6) is 0 Å². The number of nitrogens with two attached hydrogens (primary N) is 1. The number of nitrogens with zero attached hydrogens (tertiary/aromatic N) is 2. The summed E-state index contributed by atoms with van der Waals surface area (Å²) in [7, 11) is 0. The normalized spacial score (nSPS) is 15.3. The predicted molar refractivity (Wildman–Crippen MR) is 52.4 cm³/mol. The van der Waals surface area contributed by atoms with E-state index in [1.54, 1.807) is 25.5 Å². The van der Waals surface area contributed by atoms with Gasteiger partial charge in [0, 0.05) is 24.7 Å². The second-order valence-electron chi connectivity index (χ2n) is 3.03. The highest BCUT2D eigenvalue weighted by Crippen LogP contribution is 2.18. The largest absolute Gasteiger partial charge is 0.388 e. The third kappa shape index (κ3) is 3.71. The second kappa shape index (κ2) is 4.55. The van der Waals surface area contributed by atoms with Crippen LogP contribution in [-0.4, -0.2) is 33.0 Å². The molecule has 1 rings (SSSR count). The van der Waals surface area contributed by atoms with E-state index in [-0.39, 0.29) is 6.54 Å². The molecule has 3 N–H and O–H groups in total. The van der Waals surface area contributed by atoms with E-state index in [0.29, 0.717) is 5.75 Å². The van der Waals surface area contributed by atoms with E-state index >= 15 is 0 Å². The van der Waals surface area contributed by atoms with Gasteiger partial charge in [0.15, 0.2) is 0 Å². The third-order valence-electron chi connectivity index (χ3n) is 1.51. The Morgan fingerprint density at radius 3 is 2.92 bits per heavy atom. The Kier molecular flexibility index (Phi) is 3.65. The van der Waals surface area contributed by atoms with E-state index in [4.69, 9.17) is 5.73 Å². The van der Waals surface area contributed by atoms with Crippen molar-refractivity contribution in [1.82, 2.24) is 9.97 Å². The summed E-state index contributed by atoms with van der Waals surface area (Å²) in [6, 6.07) is 0. The minimum absolute atomic E-state index is 0.250. The molecule has 13 heavy (non-hydrogen) atoms. The van der Waals surface area contributed by atoms with E-state index in [1.165, 1.54) is 11.8 Å². The quantitative estimate of drug-likeness (QED) is 0.681. The fourth-order valence-corrected chi connectivity index (χ4v) is 1.50. The van der Waals surface area contributed by atoms with Gasteiger partial charge in [0.05, 0.1) is 11.8 Å². The van der Waals surface area contributed by atoms with Crippen LogP contribution in [0.15, 0.2) is 23.6 Å². The van der Waals surface area contributed by atoms with E-state index < -0.39 is 5.60 Å². The number of thioether (sulfide) groups is 1. The molecule has 0 bridgehead atoms. The molecule has 4 nitrogen and oxygen atoms in total. The van der Waals surface area contributed by atoms with Gasteiger partial charge in [-0.15, -0.1) is 11.8 Å². The first-order valence-electron chi connectivity index (χ1n) is 3.95. The van der Waals surface area contributed by atoms with Crippen molar-refractivity contribution in [3.8, 4) is 0 Å². The molecule has 0 amide bonds. The van der Waals surface area contributed by atoms with Crippen LogP contribution in [0.4, 0.5) is 0 Å². The molecule has 0 aliphatic heterocycles. The molecule has 0 saturated heterocycles. The summed E-state index contributed by atoms with van der Waals surface area (Å²) >= 11 is 1.45. The highest BCUT2D eigenvalue weighted by molar-refractivity contribution is 7.99. The van der Waals surface area contributed by atoms with Crippen LogP contribution in [0, 0.1) is 0 Å². The number of hydrogen-bond donors (Lipinski definition) is 2. The van der Waals surface area contributed by atoms with Crippen molar-refractivity contribution in [2.75, 3.05) is 12.3 Å². The first kappa shape index (κ1) is 10.4. The summed E-state index contributed by atoms with van der Waals surface area (Å²) in [5.41, 5.74) is 4.54. The van der Waals surface area contributed by atoms with Crippen LogP contribution in [0.1, 0.15) is 6.92 Å². The minimum Gasteiger partial charge on any atom is -0.388 e. The molecule has 1 atom stereocenters. The lowest BCUT2D eigenvalue weighted by molar-refractivity contribution is 0.0949. The van der Waals surface area contributed by atoms with Crippen molar-refractivity contribution in [2.45, 2.75) is 17.6 Å². The van der Waals surface area contributed by atoms with Crippen LogP contribution < -0.4 is 5.73 Å². The average molecular weight is 199 g/mol. The molecule has 0 radical (unpaired) electrons. The van der Waals surface area contributed by atoms with Gasteiger partial charge in [-0.25, -0.2) is 4.98 Å². The summed E-state index contributed by atoms with van der Waals surface area (Å²) in [5, 5.41) is 10.4. The van der Waals surface area contributed by atoms with E-state index in [1.807, 2.05) is 0 Å². The van der Waals surface area contributed by atoms with Crippen molar-refractivity contribution in [2.24, 2.45) is 5.73 Å². The van der Waals surface area contributed by atoms with Crippen LogP contribution in [0.2, 0.25) is 0 Å². The summed E-state index contributed by atoms with van der Waals surface area (Å²) < 4.78 is 0. The molecular weight excluding hydrogens is 186 g/mol. The molecule has 1 unspecified atom stereocenters. The van der Waals surface area contributed by atoms with Gasteiger partial charge in [0.2, 0.25) is 0 Å². The molecule has 1 heterocycles. The zero-order valence-electron chi connectivity index (χ0n) is 7.47. The maximum absolute atomic E-state index is 9.59. The molecule has 0 fully saturated rings. The molecular formula is C8H13N3OS. The van der Waals surface area contributed by atoms with Gasteiger partial charge in [-0.1, -0.05) is 0 Å². The van der Waals surface area contributed by atoms with Crippen molar-refractivity contribution in [1.29, 1.82) is 0 Å². The number of aliphatic hydroxyl groups is 1. The van der Waals surface area contributed by atoms with Crippen LogP contribution in [0.25, 0.3) is 0 Å². The number of hydrogen-bond acceptors (Lipinski definition) is 5. The van der Waals surface area contributed by atoms with Gasteiger partial charge in [-0.3, -0.25) is 4.98 Å². The summed E-state index contributed by atoms with van der Waals surface area (Å²) in [4.78, 5) is 7.98. The summed E-state index contributed by atoms with van der Waals surface area (Å²) in [5.74, 6) is 0.530. The molecule has 0 spiro atoms. The molecule has 1 aromatic heterocycles. The zero-order valence-corrected chi connectivity index (χ0v) is 8.29. The molecule has 0 aliphatic rings. The lowest BCUT2D eigenvalue weighted by Crippen LogP contribution is -2.36. The van der Waals surface area contributed by atoms with Crippen LogP contribution >= 0.6 is 11.8 Å². The van der Waals surface area contributed by atoms with Crippen molar-refractivity contribution in [3.63, 3.8) is 0 Å². The highest BCUT2D eigenvalue weighted by atomic mass is 32.2. The molecule has 72 valence electrons. The van der Waals surface area contributed by atoms with Crippen molar-refractivity contribution in [3.05, 3.63) is 18.6 Å². The smallest absolute Gasteiger partial charge is 0.114 e. The maximum Gasteiger partial charge on any atom is 0.114 e. The summed E-state index contributed by atoms with van der Waals surface area (Å²) in [6.45, 7) is 1.95. The molecule has 5 heteroatoms. The summed E-state index contributed by atoms with van der Waals surface area (Å²) in [6.07, 6.45) is 4.90. The van der Waals surface area contributed by atoms with Crippen molar-refractivity contribution >= 4 is 11.8 Å². The maximum atomic E-state index is 9.59. The Hall–Kier alpha value is -0.650. The molecule has 1 aromatic rings. The monoisotopic (exact) mass is 199 g/mol. The molecule has 0 aromatic carbocycles. The Bertz CT molecular complexity index is 253. The number of rotatable bonds is 4.